The van der Waals surface area contributed by atoms with Gasteiger partial charge in [0.15, 0.2) is 0 Å². The van der Waals surface area contributed by atoms with Gasteiger partial charge in [0, 0.05) is 36.6 Å². The molecule has 0 aromatic heterocycles. The van der Waals surface area contributed by atoms with E-state index >= 15 is 0 Å². The summed E-state index contributed by atoms with van der Waals surface area (Å²) in [6.45, 7) is 1.15. The smallest absolute Gasteiger partial charge is 0.0335 e. The van der Waals surface area contributed by atoms with Crippen LogP contribution in [0.5, 0.6) is 0 Å². The topological polar surface area (TPSA) is 29.3 Å². The van der Waals surface area contributed by atoms with E-state index in [1.807, 2.05) is 11.8 Å². The van der Waals surface area contributed by atoms with Crippen LogP contribution in [0.1, 0.15) is 12.8 Å². The van der Waals surface area contributed by atoms with Crippen LogP contribution in [0.15, 0.2) is 0 Å². The molecule has 1 aliphatic rings. The molecule has 2 unspecified atom stereocenters. The first-order valence-corrected chi connectivity index (χ1v) is 5.88. The van der Waals surface area contributed by atoms with Crippen LogP contribution in [-0.2, 0) is 0 Å². The summed E-state index contributed by atoms with van der Waals surface area (Å²) in [5, 5.41) is 0. The molecular formula is C10H18N2S. The Morgan fingerprint density at radius 2 is 2.54 bits per heavy atom. The summed E-state index contributed by atoms with van der Waals surface area (Å²) in [6.07, 6.45) is 6.97. The van der Waals surface area contributed by atoms with Gasteiger partial charge < -0.3 is 10.6 Å². The van der Waals surface area contributed by atoms with Gasteiger partial charge in [0.25, 0.3) is 0 Å². The first-order valence-electron chi connectivity index (χ1n) is 4.72. The lowest BCUT2D eigenvalue weighted by Gasteiger charge is -2.35. The van der Waals surface area contributed by atoms with E-state index in [-0.39, 0.29) is 6.04 Å². The van der Waals surface area contributed by atoms with Crippen LogP contribution in [0.4, 0.5) is 0 Å². The maximum absolute atomic E-state index is 6.07. The van der Waals surface area contributed by atoms with Gasteiger partial charge in [-0.25, -0.2) is 0 Å². The lowest BCUT2D eigenvalue weighted by molar-refractivity contribution is 0.231. The van der Waals surface area contributed by atoms with E-state index in [0.717, 1.165) is 25.1 Å². The maximum atomic E-state index is 6.07. The molecular weight excluding hydrogens is 180 g/mol. The number of thioether (sulfide) groups is 1. The molecule has 3 heteroatoms. The van der Waals surface area contributed by atoms with E-state index in [9.17, 15) is 0 Å². The Hall–Kier alpha value is -0.170. The van der Waals surface area contributed by atoms with E-state index in [2.05, 4.69) is 17.9 Å². The Labute approximate surface area is 85.2 Å². The second kappa shape index (κ2) is 5.54. The zero-order chi connectivity index (χ0) is 9.68. The van der Waals surface area contributed by atoms with Crippen molar-refractivity contribution in [2.75, 3.05) is 25.1 Å². The molecule has 0 radical (unpaired) electrons. The Balaban J connectivity index is 2.35. The molecule has 1 rings (SSSR count). The van der Waals surface area contributed by atoms with Crippen LogP contribution in [0.25, 0.3) is 0 Å². The molecule has 0 saturated carbocycles. The van der Waals surface area contributed by atoms with Crippen molar-refractivity contribution >= 4 is 11.8 Å². The van der Waals surface area contributed by atoms with Crippen LogP contribution in [0.3, 0.4) is 0 Å². The van der Waals surface area contributed by atoms with Crippen molar-refractivity contribution < 1.29 is 0 Å². The van der Waals surface area contributed by atoms with Gasteiger partial charge in [0.2, 0.25) is 0 Å². The quantitative estimate of drug-likeness (QED) is 0.679. The van der Waals surface area contributed by atoms with Crippen molar-refractivity contribution in [2.45, 2.75) is 24.9 Å². The second-order valence-electron chi connectivity index (χ2n) is 3.53. The molecule has 2 nitrogen and oxygen atoms in total. The van der Waals surface area contributed by atoms with E-state index in [1.54, 1.807) is 0 Å². The maximum Gasteiger partial charge on any atom is 0.0335 e. The molecule has 2 atom stereocenters. The number of nitrogens with zero attached hydrogens (tertiary/aromatic N) is 1. The van der Waals surface area contributed by atoms with E-state index in [4.69, 9.17) is 12.2 Å². The molecule has 0 amide bonds. The summed E-state index contributed by atoms with van der Waals surface area (Å²) >= 11 is 2.00. The molecule has 13 heavy (non-hydrogen) atoms. The Bertz CT molecular complexity index is 188. The Morgan fingerprint density at radius 1 is 1.77 bits per heavy atom. The third kappa shape index (κ3) is 3.22. The van der Waals surface area contributed by atoms with Gasteiger partial charge in [-0.15, -0.1) is 12.3 Å². The first kappa shape index (κ1) is 10.9. The fraction of sp³-hybridized carbons (Fsp3) is 0.800. The monoisotopic (exact) mass is 198 g/mol. The molecule has 0 aromatic rings. The summed E-state index contributed by atoms with van der Waals surface area (Å²) < 4.78 is 0. The van der Waals surface area contributed by atoms with Crippen molar-refractivity contribution in [3.05, 3.63) is 0 Å². The van der Waals surface area contributed by atoms with E-state index in [0.29, 0.717) is 6.04 Å². The third-order valence-electron chi connectivity index (χ3n) is 2.56. The predicted octanol–water partition coefficient (Wildman–Crippen LogP) is 0.774. The molecule has 2 N–H and O–H groups in total. The molecule has 0 aromatic carbocycles. The average Bonchev–Trinajstić information content (AvgIpc) is 2.15. The van der Waals surface area contributed by atoms with Crippen molar-refractivity contribution in [2.24, 2.45) is 5.73 Å². The van der Waals surface area contributed by atoms with Gasteiger partial charge in [0.1, 0.15) is 0 Å². The highest BCUT2D eigenvalue weighted by Crippen LogP contribution is 2.18. The highest BCUT2D eigenvalue weighted by atomic mass is 32.2. The molecule has 1 aliphatic heterocycles. The van der Waals surface area contributed by atoms with Crippen LogP contribution >= 0.6 is 11.8 Å². The minimum absolute atomic E-state index is 0.244. The molecule has 1 heterocycles. The van der Waals surface area contributed by atoms with Crippen molar-refractivity contribution in [1.82, 2.24) is 4.90 Å². The minimum atomic E-state index is 0.244. The molecule has 0 bridgehead atoms. The number of hydrogen-bond acceptors (Lipinski definition) is 3. The van der Waals surface area contributed by atoms with Crippen LogP contribution in [-0.4, -0.2) is 42.1 Å². The minimum Gasteiger partial charge on any atom is -0.326 e. The van der Waals surface area contributed by atoms with E-state index in [1.165, 1.54) is 5.75 Å². The van der Waals surface area contributed by atoms with Gasteiger partial charge in [-0.3, -0.25) is 0 Å². The molecule has 0 aliphatic carbocycles. The molecule has 1 fully saturated rings. The summed E-state index contributed by atoms with van der Waals surface area (Å²) in [5.74, 6) is 5.03. The van der Waals surface area contributed by atoms with Crippen LogP contribution in [0.2, 0.25) is 0 Å². The lowest BCUT2D eigenvalue weighted by atomic mass is 10.0. The van der Waals surface area contributed by atoms with Gasteiger partial charge in [-0.05, 0) is 13.5 Å². The highest BCUT2D eigenvalue weighted by molar-refractivity contribution is 7.99. The zero-order valence-corrected chi connectivity index (χ0v) is 9.02. The largest absolute Gasteiger partial charge is 0.326 e. The lowest BCUT2D eigenvalue weighted by Crippen LogP contribution is -2.50. The fourth-order valence-electron chi connectivity index (χ4n) is 1.60. The number of likely N-dealkylation sites (N-methyl/N-ethyl adjacent to an activating group) is 1. The van der Waals surface area contributed by atoms with Gasteiger partial charge in [-0.1, -0.05) is 0 Å². The van der Waals surface area contributed by atoms with Crippen molar-refractivity contribution in [3.8, 4) is 12.3 Å². The summed E-state index contributed by atoms with van der Waals surface area (Å²) in [4.78, 5) is 2.36. The molecule has 0 spiro atoms. The summed E-state index contributed by atoms with van der Waals surface area (Å²) in [5.41, 5.74) is 6.07. The fourth-order valence-corrected chi connectivity index (χ4v) is 2.93. The summed E-state index contributed by atoms with van der Waals surface area (Å²) in [7, 11) is 2.15. The number of terminal acetylenes is 1. The summed E-state index contributed by atoms with van der Waals surface area (Å²) in [6, 6.07) is 0.765. The van der Waals surface area contributed by atoms with Gasteiger partial charge in [0.05, 0.1) is 0 Å². The highest BCUT2D eigenvalue weighted by Gasteiger charge is 2.24. The normalized spacial score (nSPS) is 26.7. The Morgan fingerprint density at radius 3 is 3.15 bits per heavy atom. The first-order chi connectivity index (χ1) is 6.25. The van der Waals surface area contributed by atoms with Crippen molar-refractivity contribution in [3.63, 3.8) is 0 Å². The third-order valence-corrected chi connectivity index (χ3v) is 3.61. The molecule has 1 saturated heterocycles. The second-order valence-corrected chi connectivity index (χ2v) is 4.68. The standard InChI is InChI=1S/C10H18N2S/c1-3-4-5-9(11)10-8-13-7-6-12(10)2/h1,9-10H,4-8,11H2,2H3. The van der Waals surface area contributed by atoms with E-state index < -0.39 is 0 Å². The van der Waals surface area contributed by atoms with Crippen molar-refractivity contribution in [1.29, 1.82) is 0 Å². The predicted molar refractivity (Wildman–Crippen MR) is 59.8 cm³/mol. The van der Waals surface area contributed by atoms with Crippen LogP contribution < -0.4 is 5.73 Å². The van der Waals surface area contributed by atoms with Gasteiger partial charge in [-0.2, -0.15) is 11.8 Å². The zero-order valence-electron chi connectivity index (χ0n) is 8.20. The van der Waals surface area contributed by atoms with Gasteiger partial charge >= 0.3 is 0 Å². The molecule has 74 valence electrons. The average molecular weight is 198 g/mol. The number of rotatable bonds is 3. The number of nitrogens with two attached hydrogens (primary N) is 1. The Kier molecular flexibility index (Phi) is 4.65. The number of hydrogen-bond donors (Lipinski definition) is 1. The SMILES string of the molecule is C#CCCC(N)C1CSCCN1C. The van der Waals surface area contributed by atoms with Crippen LogP contribution in [0, 0.1) is 12.3 Å².